The van der Waals surface area contributed by atoms with E-state index in [0.29, 0.717) is 0 Å². The molecule has 0 radical (unpaired) electrons. The summed E-state index contributed by atoms with van der Waals surface area (Å²) in [5.74, 6) is -0.199. The maximum atomic E-state index is 12.9. The molecule has 3 nitrogen and oxygen atoms in total. The van der Waals surface area contributed by atoms with Gasteiger partial charge in [0.1, 0.15) is 23.7 Å². The van der Waals surface area contributed by atoms with Crippen LogP contribution in [0.15, 0.2) is 36.4 Å². The molecule has 0 heterocycles. The summed E-state index contributed by atoms with van der Waals surface area (Å²) in [6, 6.07) is 12.1. The Morgan fingerprint density at radius 1 is 1.05 bits per heavy atom. The summed E-state index contributed by atoms with van der Waals surface area (Å²) in [5, 5.41) is 18.1. The maximum Gasteiger partial charge on any atom is 0.162 e. The van der Waals surface area contributed by atoms with E-state index in [1.54, 1.807) is 6.07 Å². The molecular formula is C14H6ClFN2O. The van der Waals surface area contributed by atoms with Crippen LogP contribution in [-0.4, -0.2) is 0 Å². The minimum atomic E-state index is -0.494. The first-order chi connectivity index (χ1) is 9.15. The fourth-order valence-corrected chi connectivity index (χ4v) is 1.70. The van der Waals surface area contributed by atoms with Crippen molar-refractivity contribution in [1.29, 1.82) is 10.5 Å². The summed E-state index contributed by atoms with van der Waals surface area (Å²) < 4.78 is 18.4. The van der Waals surface area contributed by atoms with Gasteiger partial charge in [0, 0.05) is 0 Å². The van der Waals surface area contributed by atoms with Crippen LogP contribution in [0.5, 0.6) is 11.5 Å². The molecule has 0 unspecified atom stereocenters. The molecule has 0 aliphatic rings. The third-order valence-electron chi connectivity index (χ3n) is 2.36. The molecule has 0 saturated heterocycles. The van der Waals surface area contributed by atoms with Crippen molar-refractivity contribution in [2.75, 3.05) is 0 Å². The van der Waals surface area contributed by atoms with Crippen molar-refractivity contribution in [3.63, 3.8) is 0 Å². The van der Waals surface area contributed by atoms with Gasteiger partial charge in [-0.05, 0) is 30.3 Å². The highest BCUT2D eigenvalue weighted by Gasteiger charge is 2.12. The van der Waals surface area contributed by atoms with Gasteiger partial charge >= 0.3 is 0 Å². The molecule has 5 heteroatoms. The van der Waals surface area contributed by atoms with Gasteiger partial charge in [0.25, 0.3) is 0 Å². The molecule has 2 aromatic carbocycles. The maximum absolute atomic E-state index is 12.9. The van der Waals surface area contributed by atoms with Crippen LogP contribution in [0.4, 0.5) is 4.39 Å². The quantitative estimate of drug-likeness (QED) is 0.830. The Morgan fingerprint density at radius 2 is 1.68 bits per heavy atom. The van der Waals surface area contributed by atoms with E-state index < -0.39 is 5.82 Å². The first-order valence-corrected chi connectivity index (χ1v) is 5.59. The van der Waals surface area contributed by atoms with Gasteiger partial charge in [-0.15, -0.1) is 0 Å². The normalized spacial score (nSPS) is 9.47. The van der Waals surface area contributed by atoms with Crippen molar-refractivity contribution in [2.24, 2.45) is 0 Å². The molecule has 2 rings (SSSR count). The number of ether oxygens (including phenoxy) is 1. The van der Waals surface area contributed by atoms with E-state index in [1.807, 2.05) is 12.1 Å². The smallest absolute Gasteiger partial charge is 0.162 e. The SMILES string of the molecule is N#Cc1cccc(C#N)c1Oc1ccc(F)cc1Cl. The second-order valence-corrected chi connectivity index (χ2v) is 3.99. The van der Waals surface area contributed by atoms with Gasteiger partial charge in [0.2, 0.25) is 0 Å². The van der Waals surface area contributed by atoms with Crippen molar-refractivity contribution in [2.45, 2.75) is 0 Å². The highest BCUT2D eigenvalue weighted by atomic mass is 35.5. The first-order valence-electron chi connectivity index (χ1n) is 5.22. The molecule has 92 valence electrons. The van der Waals surface area contributed by atoms with Crippen molar-refractivity contribution >= 4 is 11.6 Å². The van der Waals surface area contributed by atoms with Gasteiger partial charge in [-0.25, -0.2) is 4.39 Å². The first kappa shape index (κ1) is 12.9. The number of hydrogen-bond donors (Lipinski definition) is 0. The molecule has 0 aliphatic carbocycles. The number of halogens is 2. The van der Waals surface area contributed by atoms with E-state index in [-0.39, 0.29) is 27.6 Å². The van der Waals surface area contributed by atoms with E-state index in [0.717, 1.165) is 6.07 Å². The highest BCUT2D eigenvalue weighted by molar-refractivity contribution is 6.32. The fourth-order valence-electron chi connectivity index (χ4n) is 1.49. The number of hydrogen-bond acceptors (Lipinski definition) is 3. The monoisotopic (exact) mass is 272 g/mol. The lowest BCUT2D eigenvalue weighted by molar-refractivity contribution is 0.478. The Kier molecular flexibility index (Phi) is 3.66. The van der Waals surface area contributed by atoms with Gasteiger partial charge < -0.3 is 4.74 Å². The fraction of sp³-hybridized carbons (Fsp3) is 0. The average Bonchev–Trinajstić information content (AvgIpc) is 2.42. The van der Waals surface area contributed by atoms with Gasteiger partial charge in [-0.2, -0.15) is 10.5 Å². The number of nitrogens with zero attached hydrogens (tertiary/aromatic N) is 2. The predicted octanol–water partition coefficient (Wildman–Crippen LogP) is 4.01. The van der Waals surface area contributed by atoms with Gasteiger partial charge in [0.05, 0.1) is 16.1 Å². The third kappa shape index (κ3) is 2.65. The Balaban J connectivity index is 2.49. The minimum Gasteiger partial charge on any atom is -0.453 e. The second-order valence-electron chi connectivity index (χ2n) is 3.58. The van der Waals surface area contributed by atoms with E-state index >= 15 is 0 Å². The van der Waals surface area contributed by atoms with E-state index in [1.165, 1.54) is 24.3 Å². The van der Waals surface area contributed by atoms with E-state index in [2.05, 4.69) is 0 Å². The number of benzene rings is 2. The molecule has 0 bridgehead atoms. The Hall–Kier alpha value is -2.56. The van der Waals surface area contributed by atoms with Crippen LogP contribution in [0.1, 0.15) is 11.1 Å². The second kappa shape index (κ2) is 5.39. The van der Waals surface area contributed by atoms with Crippen LogP contribution in [0.25, 0.3) is 0 Å². The minimum absolute atomic E-state index is 0.0663. The summed E-state index contributed by atoms with van der Waals surface area (Å²) in [5.41, 5.74) is 0.416. The Labute approximate surface area is 114 Å². The molecule has 0 aromatic heterocycles. The van der Waals surface area contributed by atoms with Crippen LogP contribution in [0.2, 0.25) is 5.02 Å². The molecule has 0 amide bonds. The molecule has 0 fully saturated rings. The zero-order valence-corrected chi connectivity index (χ0v) is 10.3. The van der Waals surface area contributed by atoms with Gasteiger partial charge in [-0.1, -0.05) is 17.7 Å². The molecule has 2 aromatic rings. The zero-order chi connectivity index (χ0) is 13.8. The van der Waals surface area contributed by atoms with Gasteiger partial charge in [0.15, 0.2) is 5.75 Å². The largest absolute Gasteiger partial charge is 0.453 e. The number of nitriles is 2. The van der Waals surface area contributed by atoms with Crippen LogP contribution in [-0.2, 0) is 0 Å². The van der Waals surface area contributed by atoms with Crippen LogP contribution in [0, 0.1) is 28.5 Å². The van der Waals surface area contributed by atoms with Crippen molar-refractivity contribution in [1.82, 2.24) is 0 Å². The lowest BCUT2D eigenvalue weighted by Gasteiger charge is -2.10. The number of rotatable bonds is 2. The lowest BCUT2D eigenvalue weighted by Crippen LogP contribution is -1.93. The highest BCUT2D eigenvalue weighted by Crippen LogP contribution is 2.33. The van der Waals surface area contributed by atoms with Crippen molar-refractivity contribution in [3.8, 4) is 23.6 Å². The predicted molar refractivity (Wildman–Crippen MR) is 67.4 cm³/mol. The van der Waals surface area contributed by atoms with Crippen molar-refractivity contribution in [3.05, 3.63) is 58.4 Å². The molecular weight excluding hydrogens is 267 g/mol. The number of para-hydroxylation sites is 1. The molecule has 0 aliphatic heterocycles. The summed E-state index contributed by atoms with van der Waals surface area (Å²) in [6.07, 6.45) is 0. The summed E-state index contributed by atoms with van der Waals surface area (Å²) in [4.78, 5) is 0. The Morgan fingerprint density at radius 3 is 2.21 bits per heavy atom. The van der Waals surface area contributed by atoms with E-state index in [9.17, 15) is 4.39 Å². The van der Waals surface area contributed by atoms with Gasteiger partial charge in [-0.3, -0.25) is 0 Å². The average molecular weight is 273 g/mol. The molecule has 0 atom stereocenters. The zero-order valence-electron chi connectivity index (χ0n) is 9.52. The Bertz CT molecular complexity index is 684. The summed E-state index contributed by atoms with van der Waals surface area (Å²) >= 11 is 5.84. The van der Waals surface area contributed by atoms with Crippen LogP contribution < -0.4 is 4.74 Å². The lowest BCUT2D eigenvalue weighted by atomic mass is 10.1. The standard InChI is InChI=1S/C14H6ClFN2O/c15-12-6-11(16)4-5-13(12)19-14-9(7-17)2-1-3-10(14)8-18/h1-6H. The van der Waals surface area contributed by atoms with E-state index in [4.69, 9.17) is 26.9 Å². The summed E-state index contributed by atoms with van der Waals surface area (Å²) in [7, 11) is 0. The molecule has 19 heavy (non-hydrogen) atoms. The van der Waals surface area contributed by atoms with Crippen LogP contribution >= 0.6 is 11.6 Å². The third-order valence-corrected chi connectivity index (χ3v) is 2.66. The molecule has 0 N–H and O–H groups in total. The van der Waals surface area contributed by atoms with Crippen molar-refractivity contribution < 1.29 is 9.13 Å². The molecule has 0 spiro atoms. The summed E-state index contributed by atoms with van der Waals surface area (Å²) in [6.45, 7) is 0. The van der Waals surface area contributed by atoms with Crippen LogP contribution in [0.3, 0.4) is 0 Å². The topological polar surface area (TPSA) is 56.8 Å². The molecule has 0 saturated carbocycles.